The van der Waals surface area contributed by atoms with Crippen molar-refractivity contribution in [2.45, 2.75) is 0 Å². The normalized spacial score (nSPS) is 10.5. The van der Waals surface area contributed by atoms with Gasteiger partial charge in [-0.1, -0.05) is 12.1 Å². The van der Waals surface area contributed by atoms with E-state index < -0.39 is 5.97 Å². The molecule has 0 unspecified atom stereocenters. The number of carboxylic acid groups (broad SMARTS) is 1. The molecule has 108 valence electrons. The van der Waals surface area contributed by atoms with Crippen LogP contribution in [0.15, 0.2) is 30.3 Å². The predicted molar refractivity (Wildman–Crippen MR) is 83.1 cm³/mol. The molecule has 5 nitrogen and oxygen atoms in total. The van der Waals surface area contributed by atoms with Crippen LogP contribution in [0.5, 0.6) is 0 Å². The predicted octanol–water partition coefficient (Wildman–Crippen LogP) is 2.61. The van der Waals surface area contributed by atoms with Crippen LogP contribution in [0.2, 0.25) is 0 Å². The Morgan fingerprint density at radius 3 is 2.55 bits per heavy atom. The van der Waals surface area contributed by atoms with E-state index in [9.17, 15) is 9.59 Å². The number of aliphatic carboxylic acids is 1. The molecule has 0 fully saturated rings. The molecule has 1 aromatic carbocycles. The average Bonchev–Trinajstić information content (AvgIpc) is 2.43. The number of amides is 2. The first-order valence-corrected chi connectivity index (χ1v) is 7.44. The Morgan fingerprint density at radius 2 is 2.00 bits per heavy atom. The number of thioether (sulfide) groups is 1. The zero-order valence-corrected chi connectivity index (χ0v) is 12.3. The number of carbonyl (C=O) groups excluding carboxylic acids is 1. The minimum Gasteiger partial charge on any atom is -0.478 e. The summed E-state index contributed by atoms with van der Waals surface area (Å²) in [7, 11) is 1.75. The van der Waals surface area contributed by atoms with Gasteiger partial charge in [0.1, 0.15) is 0 Å². The van der Waals surface area contributed by atoms with Crippen LogP contribution in [0.4, 0.5) is 10.5 Å². The fourth-order valence-electron chi connectivity index (χ4n) is 1.39. The third kappa shape index (κ3) is 5.79. The summed E-state index contributed by atoms with van der Waals surface area (Å²) in [6.45, 7) is 0.687. The molecule has 0 radical (unpaired) electrons. The van der Waals surface area contributed by atoms with Gasteiger partial charge >= 0.3 is 12.0 Å². The van der Waals surface area contributed by atoms with E-state index in [0.717, 1.165) is 17.4 Å². The summed E-state index contributed by atoms with van der Waals surface area (Å²) in [6.07, 6.45) is 4.57. The summed E-state index contributed by atoms with van der Waals surface area (Å²) >= 11 is 1.69. The lowest BCUT2D eigenvalue weighted by Crippen LogP contribution is -2.33. The van der Waals surface area contributed by atoms with Crippen LogP contribution in [0.25, 0.3) is 6.08 Å². The van der Waals surface area contributed by atoms with Gasteiger partial charge in [-0.15, -0.1) is 0 Å². The first-order chi connectivity index (χ1) is 9.52. The van der Waals surface area contributed by atoms with Gasteiger partial charge in [0.25, 0.3) is 0 Å². The highest BCUT2D eigenvalue weighted by Gasteiger charge is 2.07. The zero-order valence-electron chi connectivity index (χ0n) is 11.5. The molecule has 1 aromatic rings. The second-order valence-electron chi connectivity index (χ2n) is 4.14. The number of rotatable bonds is 6. The van der Waals surface area contributed by atoms with Crippen LogP contribution in [0.3, 0.4) is 0 Å². The highest BCUT2D eigenvalue weighted by atomic mass is 32.2. The van der Waals surface area contributed by atoms with E-state index in [0.29, 0.717) is 12.2 Å². The molecule has 1 rings (SSSR count). The Morgan fingerprint density at radius 1 is 1.35 bits per heavy atom. The van der Waals surface area contributed by atoms with E-state index >= 15 is 0 Å². The van der Waals surface area contributed by atoms with E-state index in [2.05, 4.69) is 5.32 Å². The highest BCUT2D eigenvalue weighted by molar-refractivity contribution is 7.98. The molecule has 0 aliphatic heterocycles. The third-order valence-electron chi connectivity index (χ3n) is 2.56. The van der Waals surface area contributed by atoms with Crippen molar-refractivity contribution in [1.82, 2.24) is 4.90 Å². The lowest BCUT2D eigenvalue weighted by Gasteiger charge is -2.17. The summed E-state index contributed by atoms with van der Waals surface area (Å²) in [5, 5.41) is 11.3. The molecule has 0 aromatic heterocycles. The van der Waals surface area contributed by atoms with Crippen molar-refractivity contribution in [3.8, 4) is 0 Å². The first-order valence-electron chi connectivity index (χ1n) is 6.05. The van der Waals surface area contributed by atoms with E-state index in [1.54, 1.807) is 48.0 Å². The molecule has 0 aliphatic rings. The van der Waals surface area contributed by atoms with Gasteiger partial charge in [-0.05, 0) is 30.0 Å². The number of nitrogens with zero attached hydrogens (tertiary/aromatic N) is 1. The third-order valence-corrected chi connectivity index (χ3v) is 3.15. The maximum Gasteiger partial charge on any atom is 0.328 e. The molecule has 2 N–H and O–H groups in total. The second-order valence-corrected chi connectivity index (χ2v) is 5.12. The van der Waals surface area contributed by atoms with Crippen LogP contribution in [0, 0.1) is 0 Å². The van der Waals surface area contributed by atoms with Crippen molar-refractivity contribution in [2.24, 2.45) is 0 Å². The van der Waals surface area contributed by atoms with Crippen molar-refractivity contribution >= 4 is 35.5 Å². The molecule has 6 heteroatoms. The summed E-state index contributed by atoms with van der Waals surface area (Å²) in [5.74, 6) is -0.0964. The van der Waals surface area contributed by atoms with Crippen LogP contribution >= 0.6 is 11.8 Å². The van der Waals surface area contributed by atoms with Gasteiger partial charge in [-0.25, -0.2) is 9.59 Å². The Hall–Kier alpha value is -1.95. The van der Waals surface area contributed by atoms with Crippen LogP contribution in [0.1, 0.15) is 5.56 Å². The summed E-state index contributed by atoms with van der Waals surface area (Å²) in [5.41, 5.74) is 1.44. The molecular weight excluding hydrogens is 276 g/mol. The number of anilines is 1. The molecule has 0 spiro atoms. The van der Waals surface area contributed by atoms with Gasteiger partial charge in [-0.3, -0.25) is 0 Å². The van der Waals surface area contributed by atoms with Crippen molar-refractivity contribution in [1.29, 1.82) is 0 Å². The van der Waals surface area contributed by atoms with E-state index in [1.165, 1.54) is 6.08 Å². The minimum atomic E-state index is -0.988. The number of carboxylic acids is 1. The smallest absolute Gasteiger partial charge is 0.328 e. The number of urea groups is 1. The number of hydrogen-bond acceptors (Lipinski definition) is 3. The SMILES string of the molecule is CSCCN(C)C(=O)Nc1ccc(/C=C/C(=O)O)cc1. The molecule has 2 amide bonds. The maximum absolute atomic E-state index is 11.8. The van der Waals surface area contributed by atoms with Crippen molar-refractivity contribution in [3.05, 3.63) is 35.9 Å². The molecule has 20 heavy (non-hydrogen) atoms. The van der Waals surface area contributed by atoms with Gasteiger partial charge in [0.15, 0.2) is 0 Å². The topological polar surface area (TPSA) is 69.6 Å². The standard InChI is InChI=1S/C14H18N2O3S/c1-16(9-10-20-2)14(19)15-12-6-3-11(4-7-12)5-8-13(17)18/h3-8H,9-10H2,1-2H3,(H,15,19)(H,17,18)/b8-5+. The lowest BCUT2D eigenvalue weighted by molar-refractivity contribution is -0.131. The molecule has 0 aliphatic carbocycles. The van der Waals surface area contributed by atoms with Crippen LogP contribution in [-0.2, 0) is 4.79 Å². The Kier molecular flexibility index (Phi) is 6.66. The molecule has 0 bridgehead atoms. The summed E-state index contributed by atoms with van der Waals surface area (Å²) in [4.78, 5) is 23.8. The fourth-order valence-corrected chi connectivity index (χ4v) is 1.85. The number of nitrogens with one attached hydrogen (secondary N) is 1. The Bertz CT molecular complexity index is 486. The van der Waals surface area contributed by atoms with Gasteiger partial charge in [-0.2, -0.15) is 11.8 Å². The van der Waals surface area contributed by atoms with Crippen LogP contribution < -0.4 is 5.32 Å². The number of benzene rings is 1. The summed E-state index contributed by atoms with van der Waals surface area (Å²) in [6, 6.07) is 6.81. The van der Waals surface area contributed by atoms with Gasteiger partial charge in [0, 0.05) is 31.1 Å². The fraction of sp³-hybridized carbons (Fsp3) is 0.286. The quantitative estimate of drug-likeness (QED) is 0.791. The molecule has 0 saturated heterocycles. The number of carbonyl (C=O) groups is 2. The molecule has 0 atom stereocenters. The maximum atomic E-state index is 11.8. The van der Waals surface area contributed by atoms with Crippen molar-refractivity contribution in [2.75, 3.05) is 30.9 Å². The van der Waals surface area contributed by atoms with Crippen LogP contribution in [-0.4, -0.2) is 47.6 Å². The van der Waals surface area contributed by atoms with E-state index in [-0.39, 0.29) is 6.03 Å². The first kappa shape index (κ1) is 16.1. The Labute approximate surface area is 122 Å². The molecule has 0 saturated carbocycles. The van der Waals surface area contributed by atoms with Gasteiger partial charge in [0.05, 0.1) is 0 Å². The van der Waals surface area contributed by atoms with E-state index in [4.69, 9.17) is 5.11 Å². The number of hydrogen-bond donors (Lipinski definition) is 2. The largest absolute Gasteiger partial charge is 0.478 e. The van der Waals surface area contributed by atoms with Gasteiger partial charge in [0.2, 0.25) is 0 Å². The lowest BCUT2D eigenvalue weighted by atomic mass is 10.2. The molecular formula is C14H18N2O3S. The zero-order chi connectivity index (χ0) is 15.0. The Balaban J connectivity index is 2.56. The van der Waals surface area contributed by atoms with Gasteiger partial charge < -0.3 is 15.3 Å². The minimum absolute atomic E-state index is 0.159. The highest BCUT2D eigenvalue weighted by Crippen LogP contribution is 2.11. The summed E-state index contributed by atoms with van der Waals surface area (Å²) < 4.78 is 0. The monoisotopic (exact) mass is 294 g/mol. The second kappa shape index (κ2) is 8.27. The van der Waals surface area contributed by atoms with Crippen molar-refractivity contribution in [3.63, 3.8) is 0 Å². The van der Waals surface area contributed by atoms with Crippen molar-refractivity contribution < 1.29 is 14.7 Å². The molecule has 0 heterocycles. The average molecular weight is 294 g/mol. The van der Waals surface area contributed by atoms with E-state index in [1.807, 2.05) is 6.26 Å².